The summed E-state index contributed by atoms with van der Waals surface area (Å²) in [6.45, 7) is 1.23. The normalized spacial score (nSPS) is 12.2. The van der Waals surface area contributed by atoms with E-state index in [1.807, 2.05) is 48.5 Å². The van der Waals surface area contributed by atoms with E-state index in [0.717, 1.165) is 27.9 Å². The number of hydrogen-bond donors (Lipinski definition) is 2. The maximum atomic E-state index is 10.1. The highest BCUT2D eigenvalue weighted by Crippen LogP contribution is 2.17. The number of aliphatic hydroxyl groups excluding tert-OH is 1. The maximum absolute atomic E-state index is 10.1. The standard InChI is InChI=1S/C16H18BrNO2/c1-20-15-7-5-12(6-8-15)10-18-11-16(19)13-3-2-4-14(17)9-13/h2-9,16,18-19H,10-11H2,1H3. The predicted molar refractivity (Wildman–Crippen MR) is 83.8 cm³/mol. The second-order valence-corrected chi connectivity index (χ2v) is 5.47. The van der Waals surface area contributed by atoms with E-state index in [9.17, 15) is 5.11 Å². The van der Waals surface area contributed by atoms with Gasteiger partial charge in [-0.1, -0.05) is 40.2 Å². The fourth-order valence-corrected chi connectivity index (χ4v) is 2.35. The Bertz CT molecular complexity index is 542. The number of nitrogens with one attached hydrogen (secondary N) is 1. The molecule has 0 radical (unpaired) electrons. The van der Waals surface area contributed by atoms with Crippen LogP contribution in [0.1, 0.15) is 17.2 Å². The van der Waals surface area contributed by atoms with Crippen LogP contribution in [0, 0.1) is 0 Å². The summed E-state index contributed by atoms with van der Waals surface area (Å²) in [5, 5.41) is 13.4. The number of methoxy groups -OCH3 is 1. The lowest BCUT2D eigenvalue weighted by Crippen LogP contribution is -2.21. The van der Waals surface area contributed by atoms with Gasteiger partial charge in [0.25, 0.3) is 0 Å². The van der Waals surface area contributed by atoms with E-state index in [2.05, 4.69) is 21.2 Å². The first-order valence-electron chi connectivity index (χ1n) is 6.46. The van der Waals surface area contributed by atoms with Gasteiger partial charge >= 0.3 is 0 Å². The van der Waals surface area contributed by atoms with Crippen molar-refractivity contribution >= 4 is 15.9 Å². The molecule has 0 aliphatic rings. The minimum absolute atomic E-state index is 0.509. The molecule has 0 saturated heterocycles. The van der Waals surface area contributed by atoms with Crippen molar-refractivity contribution in [3.05, 3.63) is 64.1 Å². The molecule has 20 heavy (non-hydrogen) atoms. The first-order chi connectivity index (χ1) is 9.69. The van der Waals surface area contributed by atoms with Gasteiger partial charge in [-0.05, 0) is 35.4 Å². The van der Waals surface area contributed by atoms with Crippen LogP contribution in [-0.2, 0) is 6.54 Å². The number of aliphatic hydroxyl groups is 1. The number of halogens is 1. The smallest absolute Gasteiger partial charge is 0.118 e. The molecule has 0 bridgehead atoms. The van der Waals surface area contributed by atoms with E-state index in [1.54, 1.807) is 7.11 Å². The molecule has 106 valence electrons. The van der Waals surface area contributed by atoms with Crippen LogP contribution in [0.15, 0.2) is 53.0 Å². The average Bonchev–Trinajstić information content (AvgIpc) is 2.48. The van der Waals surface area contributed by atoms with Crippen LogP contribution < -0.4 is 10.1 Å². The van der Waals surface area contributed by atoms with Crippen molar-refractivity contribution in [3.8, 4) is 5.75 Å². The zero-order valence-corrected chi connectivity index (χ0v) is 12.9. The molecular formula is C16H18BrNO2. The van der Waals surface area contributed by atoms with Gasteiger partial charge in [-0.3, -0.25) is 0 Å². The molecule has 0 heterocycles. The number of ether oxygens (including phenoxy) is 1. The zero-order valence-electron chi connectivity index (χ0n) is 11.3. The molecule has 0 saturated carbocycles. The third-order valence-corrected chi connectivity index (χ3v) is 3.55. The highest BCUT2D eigenvalue weighted by molar-refractivity contribution is 9.10. The van der Waals surface area contributed by atoms with Crippen LogP contribution >= 0.6 is 15.9 Å². The number of rotatable bonds is 6. The van der Waals surface area contributed by atoms with Crippen LogP contribution in [0.3, 0.4) is 0 Å². The van der Waals surface area contributed by atoms with Gasteiger partial charge in [0, 0.05) is 17.6 Å². The highest BCUT2D eigenvalue weighted by atomic mass is 79.9. The topological polar surface area (TPSA) is 41.5 Å². The van der Waals surface area contributed by atoms with Crippen molar-refractivity contribution in [2.75, 3.05) is 13.7 Å². The van der Waals surface area contributed by atoms with Gasteiger partial charge in [-0.25, -0.2) is 0 Å². The minimum Gasteiger partial charge on any atom is -0.497 e. The van der Waals surface area contributed by atoms with Crippen molar-refractivity contribution in [2.45, 2.75) is 12.6 Å². The molecule has 0 fully saturated rings. The van der Waals surface area contributed by atoms with E-state index in [-0.39, 0.29) is 0 Å². The molecule has 1 atom stereocenters. The zero-order chi connectivity index (χ0) is 14.4. The van der Waals surface area contributed by atoms with E-state index >= 15 is 0 Å². The van der Waals surface area contributed by atoms with Crippen molar-refractivity contribution in [2.24, 2.45) is 0 Å². The minimum atomic E-state index is -0.509. The molecular weight excluding hydrogens is 318 g/mol. The molecule has 2 rings (SSSR count). The molecule has 2 N–H and O–H groups in total. The summed E-state index contributed by atoms with van der Waals surface area (Å²) >= 11 is 3.41. The Morgan fingerprint density at radius 2 is 1.95 bits per heavy atom. The summed E-state index contributed by atoms with van der Waals surface area (Å²) in [7, 11) is 1.65. The van der Waals surface area contributed by atoms with Crippen LogP contribution in [0.2, 0.25) is 0 Å². The van der Waals surface area contributed by atoms with Crippen molar-refractivity contribution in [1.29, 1.82) is 0 Å². The first-order valence-corrected chi connectivity index (χ1v) is 7.25. The quantitative estimate of drug-likeness (QED) is 0.851. The van der Waals surface area contributed by atoms with Crippen LogP contribution in [0.4, 0.5) is 0 Å². The molecule has 2 aromatic carbocycles. The molecule has 1 unspecified atom stereocenters. The Kier molecular flexibility index (Phi) is 5.59. The lowest BCUT2D eigenvalue weighted by atomic mass is 10.1. The van der Waals surface area contributed by atoms with E-state index in [4.69, 9.17) is 4.74 Å². The summed E-state index contributed by atoms with van der Waals surface area (Å²) in [5.74, 6) is 0.850. The summed E-state index contributed by atoms with van der Waals surface area (Å²) in [4.78, 5) is 0. The summed E-state index contributed by atoms with van der Waals surface area (Å²) in [6, 6.07) is 15.6. The Morgan fingerprint density at radius 1 is 1.20 bits per heavy atom. The van der Waals surface area contributed by atoms with Crippen LogP contribution in [-0.4, -0.2) is 18.8 Å². The Balaban J connectivity index is 1.82. The van der Waals surface area contributed by atoms with Crippen molar-refractivity contribution in [3.63, 3.8) is 0 Å². The predicted octanol–water partition coefficient (Wildman–Crippen LogP) is 3.28. The number of benzene rings is 2. The van der Waals surface area contributed by atoms with Gasteiger partial charge in [0.2, 0.25) is 0 Å². The summed E-state index contributed by atoms with van der Waals surface area (Å²) in [5.41, 5.74) is 2.06. The van der Waals surface area contributed by atoms with Gasteiger partial charge in [-0.15, -0.1) is 0 Å². The second kappa shape index (κ2) is 7.43. The summed E-state index contributed by atoms with van der Waals surface area (Å²) in [6.07, 6.45) is -0.509. The van der Waals surface area contributed by atoms with Gasteiger partial charge in [-0.2, -0.15) is 0 Å². The monoisotopic (exact) mass is 335 g/mol. The molecule has 0 spiro atoms. The van der Waals surface area contributed by atoms with Crippen LogP contribution in [0.25, 0.3) is 0 Å². The van der Waals surface area contributed by atoms with E-state index in [1.165, 1.54) is 0 Å². The molecule has 0 aliphatic heterocycles. The summed E-state index contributed by atoms with van der Waals surface area (Å²) < 4.78 is 6.09. The van der Waals surface area contributed by atoms with Crippen molar-refractivity contribution in [1.82, 2.24) is 5.32 Å². The average molecular weight is 336 g/mol. The molecule has 0 aromatic heterocycles. The molecule has 4 heteroatoms. The Labute approximate surface area is 127 Å². The second-order valence-electron chi connectivity index (χ2n) is 4.55. The third kappa shape index (κ3) is 4.34. The van der Waals surface area contributed by atoms with Gasteiger partial charge in [0.05, 0.1) is 13.2 Å². The molecule has 0 amide bonds. The Morgan fingerprint density at radius 3 is 2.60 bits per heavy atom. The molecule has 3 nitrogen and oxygen atoms in total. The fourth-order valence-electron chi connectivity index (χ4n) is 1.93. The maximum Gasteiger partial charge on any atom is 0.118 e. The molecule has 0 aliphatic carbocycles. The van der Waals surface area contributed by atoms with E-state index in [0.29, 0.717) is 6.54 Å². The van der Waals surface area contributed by atoms with Gasteiger partial charge in [0.15, 0.2) is 0 Å². The third-order valence-electron chi connectivity index (χ3n) is 3.06. The highest BCUT2D eigenvalue weighted by Gasteiger charge is 2.07. The van der Waals surface area contributed by atoms with Gasteiger partial charge < -0.3 is 15.2 Å². The largest absolute Gasteiger partial charge is 0.497 e. The molecule has 2 aromatic rings. The van der Waals surface area contributed by atoms with Crippen LogP contribution in [0.5, 0.6) is 5.75 Å². The lowest BCUT2D eigenvalue weighted by Gasteiger charge is -2.12. The fraction of sp³-hybridized carbons (Fsp3) is 0.250. The SMILES string of the molecule is COc1ccc(CNCC(O)c2cccc(Br)c2)cc1. The van der Waals surface area contributed by atoms with E-state index < -0.39 is 6.10 Å². The Hall–Kier alpha value is -1.36. The number of hydrogen-bond acceptors (Lipinski definition) is 3. The van der Waals surface area contributed by atoms with Gasteiger partial charge in [0.1, 0.15) is 5.75 Å². The lowest BCUT2D eigenvalue weighted by molar-refractivity contribution is 0.174. The van der Waals surface area contributed by atoms with Crippen molar-refractivity contribution < 1.29 is 9.84 Å². The first kappa shape index (κ1) is 15.0.